The van der Waals surface area contributed by atoms with E-state index >= 15 is 0 Å². The van der Waals surface area contributed by atoms with Gasteiger partial charge in [-0.3, -0.25) is 0 Å². The van der Waals surface area contributed by atoms with Crippen molar-refractivity contribution in [3.8, 4) is 5.75 Å². The zero-order valence-corrected chi connectivity index (χ0v) is 14.6. The lowest BCUT2D eigenvalue weighted by atomic mass is 9.79. The summed E-state index contributed by atoms with van der Waals surface area (Å²) in [4.78, 5) is 0. The molecule has 0 aromatic heterocycles. The van der Waals surface area contributed by atoms with Crippen LogP contribution in [0.25, 0.3) is 0 Å². The monoisotopic (exact) mass is 318 g/mol. The molecule has 2 aliphatic rings. The van der Waals surface area contributed by atoms with E-state index in [-0.39, 0.29) is 24.4 Å². The van der Waals surface area contributed by atoms with E-state index in [0.29, 0.717) is 6.61 Å². The molecule has 1 aromatic rings. The molecule has 126 valence electrons. The van der Waals surface area contributed by atoms with Gasteiger partial charge >= 0.3 is 7.12 Å². The number of hydrogen-bond acceptors (Lipinski definition) is 4. The van der Waals surface area contributed by atoms with Crippen molar-refractivity contribution in [2.24, 2.45) is 0 Å². The Labute approximate surface area is 139 Å². The fourth-order valence-corrected chi connectivity index (χ4v) is 2.83. The molecule has 0 N–H and O–H groups in total. The maximum Gasteiger partial charge on any atom is 0.494 e. The van der Waals surface area contributed by atoms with Crippen LogP contribution in [0.3, 0.4) is 0 Å². The average molecular weight is 318 g/mol. The van der Waals surface area contributed by atoms with Gasteiger partial charge in [0, 0.05) is 6.61 Å². The third-order valence-corrected chi connectivity index (χ3v) is 5.12. The second kappa shape index (κ2) is 6.46. The molecule has 0 saturated carbocycles. The maximum absolute atomic E-state index is 6.06. The van der Waals surface area contributed by atoms with Crippen molar-refractivity contribution in [1.29, 1.82) is 0 Å². The van der Waals surface area contributed by atoms with Crippen molar-refractivity contribution in [3.63, 3.8) is 0 Å². The van der Waals surface area contributed by atoms with Gasteiger partial charge in [-0.25, -0.2) is 0 Å². The summed E-state index contributed by atoms with van der Waals surface area (Å²) in [6.45, 7) is 9.73. The number of rotatable bonds is 4. The lowest BCUT2D eigenvalue weighted by molar-refractivity contribution is -0.0110. The summed E-state index contributed by atoms with van der Waals surface area (Å²) in [6, 6.07) is 7.98. The van der Waals surface area contributed by atoms with Crippen molar-refractivity contribution in [3.05, 3.63) is 24.3 Å². The summed E-state index contributed by atoms with van der Waals surface area (Å²) in [7, 11) is -0.323. The van der Waals surface area contributed by atoms with Gasteiger partial charge in [-0.15, -0.1) is 0 Å². The fourth-order valence-electron chi connectivity index (χ4n) is 2.83. The first-order valence-electron chi connectivity index (χ1n) is 8.57. The van der Waals surface area contributed by atoms with E-state index < -0.39 is 0 Å². The molecule has 2 fully saturated rings. The Morgan fingerprint density at radius 3 is 2.26 bits per heavy atom. The van der Waals surface area contributed by atoms with E-state index in [9.17, 15) is 0 Å². The third kappa shape index (κ3) is 3.73. The molecule has 23 heavy (non-hydrogen) atoms. The van der Waals surface area contributed by atoms with Crippen LogP contribution in [0.1, 0.15) is 47.0 Å². The van der Waals surface area contributed by atoms with Gasteiger partial charge in [0.2, 0.25) is 0 Å². The first-order valence-corrected chi connectivity index (χ1v) is 8.57. The SMILES string of the molecule is CC1(C)OB(c2ccc(OCC3CCCCO3)cc2)OC1(C)C. The minimum absolute atomic E-state index is 0.228. The number of ether oxygens (including phenoxy) is 2. The standard InChI is InChI=1S/C18H27BO4/c1-17(2)18(3,4)23-19(22-17)14-8-10-15(11-9-14)21-13-16-7-5-6-12-20-16/h8-11,16H,5-7,12-13H2,1-4H3. The van der Waals surface area contributed by atoms with Crippen LogP contribution in [-0.4, -0.2) is 37.6 Å². The zero-order valence-electron chi connectivity index (χ0n) is 14.6. The second-order valence-corrected chi connectivity index (χ2v) is 7.46. The Morgan fingerprint density at radius 2 is 1.70 bits per heavy atom. The average Bonchev–Trinajstić information content (AvgIpc) is 2.75. The van der Waals surface area contributed by atoms with Gasteiger partial charge in [-0.2, -0.15) is 0 Å². The number of benzene rings is 1. The summed E-state index contributed by atoms with van der Waals surface area (Å²) < 4.78 is 23.6. The zero-order chi connectivity index (χ0) is 16.5. The molecule has 3 rings (SSSR count). The van der Waals surface area contributed by atoms with Gasteiger partial charge in [0.15, 0.2) is 0 Å². The van der Waals surface area contributed by atoms with Crippen molar-refractivity contribution >= 4 is 12.6 Å². The van der Waals surface area contributed by atoms with Crippen LogP contribution in [0.5, 0.6) is 5.75 Å². The van der Waals surface area contributed by atoms with Crippen molar-refractivity contribution in [1.82, 2.24) is 0 Å². The normalized spacial score (nSPS) is 26.3. The van der Waals surface area contributed by atoms with E-state index in [0.717, 1.165) is 24.2 Å². The van der Waals surface area contributed by atoms with Gasteiger partial charge in [0.05, 0.1) is 17.3 Å². The van der Waals surface area contributed by atoms with Gasteiger partial charge in [-0.1, -0.05) is 12.1 Å². The van der Waals surface area contributed by atoms with Crippen LogP contribution in [0, 0.1) is 0 Å². The molecule has 0 aliphatic carbocycles. The van der Waals surface area contributed by atoms with Crippen LogP contribution >= 0.6 is 0 Å². The van der Waals surface area contributed by atoms with E-state index in [2.05, 4.69) is 27.7 Å². The minimum Gasteiger partial charge on any atom is -0.491 e. The molecule has 0 bridgehead atoms. The topological polar surface area (TPSA) is 36.9 Å². The molecule has 2 saturated heterocycles. The van der Waals surface area contributed by atoms with E-state index in [1.165, 1.54) is 12.8 Å². The predicted molar refractivity (Wildman–Crippen MR) is 91.2 cm³/mol. The summed E-state index contributed by atoms with van der Waals surface area (Å²) >= 11 is 0. The summed E-state index contributed by atoms with van der Waals surface area (Å²) in [5, 5.41) is 0. The molecule has 0 amide bonds. The first-order chi connectivity index (χ1) is 10.9. The van der Waals surface area contributed by atoms with Crippen molar-refractivity contribution in [2.45, 2.75) is 64.3 Å². The van der Waals surface area contributed by atoms with Crippen LogP contribution in [0.15, 0.2) is 24.3 Å². The van der Waals surface area contributed by atoms with E-state index in [1.807, 2.05) is 24.3 Å². The highest BCUT2D eigenvalue weighted by molar-refractivity contribution is 6.62. The molecule has 1 atom stereocenters. The molecule has 1 aromatic carbocycles. The van der Waals surface area contributed by atoms with Crippen LogP contribution in [-0.2, 0) is 14.0 Å². The summed E-state index contributed by atoms with van der Waals surface area (Å²) in [5.74, 6) is 0.861. The van der Waals surface area contributed by atoms with Gasteiger partial charge in [0.25, 0.3) is 0 Å². The minimum atomic E-state index is -0.323. The quantitative estimate of drug-likeness (QED) is 0.800. The van der Waals surface area contributed by atoms with Crippen molar-refractivity contribution in [2.75, 3.05) is 13.2 Å². The molecule has 0 radical (unpaired) electrons. The highest BCUT2D eigenvalue weighted by Crippen LogP contribution is 2.36. The molecule has 5 heteroatoms. The Morgan fingerprint density at radius 1 is 1.04 bits per heavy atom. The first kappa shape index (κ1) is 16.8. The van der Waals surface area contributed by atoms with Gasteiger partial charge < -0.3 is 18.8 Å². The van der Waals surface area contributed by atoms with E-state index in [1.54, 1.807) is 0 Å². The third-order valence-electron chi connectivity index (χ3n) is 5.12. The highest BCUT2D eigenvalue weighted by atomic mass is 16.7. The van der Waals surface area contributed by atoms with Crippen LogP contribution in [0.2, 0.25) is 0 Å². The molecule has 4 nitrogen and oxygen atoms in total. The second-order valence-electron chi connectivity index (χ2n) is 7.46. The largest absolute Gasteiger partial charge is 0.494 e. The molecular weight excluding hydrogens is 291 g/mol. The predicted octanol–water partition coefficient (Wildman–Crippen LogP) is 2.93. The Hall–Kier alpha value is -1.04. The maximum atomic E-state index is 6.06. The van der Waals surface area contributed by atoms with Crippen LogP contribution < -0.4 is 10.2 Å². The van der Waals surface area contributed by atoms with Gasteiger partial charge in [-0.05, 0) is 64.6 Å². The molecule has 1 unspecified atom stereocenters. The van der Waals surface area contributed by atoms with Crippen LogP contribution in [0.4, 0.5) is 0 Å². The smallest absolute Gasteiger partial charge is 0.491 e. The molecule has 2 heterocycles. The Bertz CT molecular complexity index is 504. The Balaban J connectivity index is 1.57. The Kier molecular flexibility index (Phi) is 4.72. The van der Waals surface area contributed by atoms with Crippen molar-refractivity contribution < 1.29 is 18.8 Å². The lowest BCUT2D eigenvalue weighted by Crippen LogP contribution is -2.41. The summed E-state index contributed by atoms with van der Waals surface area (Å²) in [6.07, 6.45) is 3.71. The fraction of sp³-hybridized carbons (Fsp3) is 0.667. The molecule has 0 spiro atoms. The summed E-state index contributed by atoms with van der Waals surface area (Å²) in [5.41, 5.74) is 0.390. The van der Waals surface area contributed by atoms with E-state index in [4.69, 9.17) is 18.8 Å². The molecule has 2 aliphatic heterocycles. The highest BCUT2D eigenvalue weighted by Gasteiger charge is 2.51. The molecular formula is C18H27BO4. The van der Waals surface area contributed by atoms with Gasteiger partial charge in [0.1, 0.15) is 12.4 Å². The lowest BCUT2D eigenvalue weighted by Gasteiger charge is -2.32. The number of hydrogen-bond donors (Lipinski definition) is 0.